The zero-order chi connectivity index (χ0) is 39.9. The first-order valence-corrected chi connectivity index (χ1v) is 21.7. The molecule has 2 aromatic heterocycles. The molecule has 0 bridgehead atoms. The minimum Gasteiger partial charge on any atom is -0.544 e. The number of anilines is 2. The summed E-state index contributed by atoms with van der Waals surface area (Å²) < 4.78 is 21.7. The Morgan fingerprint density at radius 2 is 1.71 bits per heavy atom. The second-order valence-electron chi connectivity index (χ2n) is 16.0. The Balaban J connectivity index is 1.33. The largest absolute Gasteiger partial charge is 0.544 e. The summed E-state index contributed by atoms with van der Waals surface area (Å²) in [5, 5.41) is 8.23. The van der Waals surface area contributed by atoms with E-state index in [1.807, 2.05) is 64.9 Å². The van der Waals surface area contributed by atoms with Gasteiger partial charge in [-0.3, -0.25) is 19.2 Å². The summed E-state index contributed by atoms with van der Waals surface area (Å²) in [6.45, 7) is 15.8. The van der Waals surface area contributed by atoms with Crippen LogP contribution in [0.1, 0.15) is 65.2 Å². The monoisotopic (exact) mass is 772 g/mol. The number of nitrogens with zero attached hydrogens (tertiary/aromatic N) is 8. The fraction of sp³-hybridized carbons (Fsp3) is 0.357. The average Bonchev–Trinajstić information content (AvgIpc) is 3.89. The van der Waals surface area contributed by atoms with E-state index in [0.717, 1.165) is 17.7 Å². The molecule has 0 radical (unpaired) electrons. The number of ether oxygens (including phenoxy) is 2. The van der Waals surface area contributed by atoms with Gasteiger partial charge in [-0.15, -0.1) is 0 Å². The van der Waals surface area contributed by atoms with Crippen molar-refractivity contribution in [2.24, 2.45) is 12.2 Å². The van der Waals surface area contributed by atoms with Gasteiger partial charge in [0.1, 0.15) is 5.75 Å². The first-order valence-electron chi connectivity index (χ1n) is 18.8. The van der Waals surface area contributed by atoms with E-state index in [1.54, 1.807) is 35.1 Å². The highest BCUT2D eigenvalue weighted by Gasteiger charge is 2.39. The van der Waals surface area contributed by atoms with Gasteiger partial charge in [0, 0.05) is 66.5 Å². The van der Waals surface area contributed by atoms with Crippen molar-refractivity contribution in [1.82, 2.24) is 19.2 Å². The molecule has 7 rings (SSSR count). The Morgan fingerprint density at radius 3 is 2.38 bits per heavy atom. The molecule has 0 N–H and O–H groups in total. The standard InChI is InChI=1S/C42H48N8O5Si/c1-27-19-29-11-9-10-12-30(29)24-49(27)40(51)36-22-39-38(53-26-54-39)21-35(36)37-20-34(28(2)48(37)18-17-44-46-43)41(52)50(32-23-45-47(6)25-32)31-13-15-33(16-14-31)55-56(7,8)42(3,4)5/h9-16,20-23,25,27H,17-19,24,26H2,1-8H3/t27-/m1/s1. The highest BCUT2D eigenvalue weighted by atomic mass is 28.4. The number of azide groups is 1. The first kappa shape index (κ1) is 38.3. The number of aromatic nitrogens is 3. The van der Waals surface area contributed by atoms with E-state index in [4.69, 9.17) is 13.9 Å². The zero-order valence-electron chi connectivity index (χ0n) is 33.2. The van der Waals surface area contributed by atoms with E-state index in [9.17, 15) is 10.3 Å². The van der Waals surface area contributed by atoms with Crippen LogP contribution >= 0.6 is 0 Å². The molecule has 4 heterocycles. The molecule has 0 aliphatic carbocycles. The van der Waals surface area contributed by atoms with Gasteiger partial charge < -0.3 is 23.4 Å². The molecule has 14 heteroatoms. The Kier molecular flexibility index (Phi) is 10.2. The van der Waals surface area contributed by atoms with Gasteiger partial charge in [0.05, 0.1) is 23.0 Å². The third-order valence-corrected chi connectivity index (χ3v) is 15.7. The molecule has 2 aliphatic heterocycles. The van der Waals surface area contributed by atoms with E-state index < -0.39 is 8.32 Å². The average molecular weight is 773 g/mol. The summed E-state index contributed by atoms with van der Waals surface area (Å²) in [6, 6.07) is 21.1. The van der Waals surface area contributed by atoms with E-state index in [2.05, 4.69) is 68.0 Å². The van der Waals surface area contributed by atoms with Crippen molar-refractivity contribution in [2.75, 3.05) is 18.2 Å². The van der Waals surface area contributed by atoms with E-state index in [0.29, 0.717) is 57.5 Å². The number of carbonyl (C=O) groups is 2. The lowest BCUT2D eigenvalue weighted by Gasteiger charge is -2.36. The third-order valence-electron chi connectivity index (χ3n) is 11.3. The van der Waals surface area contributed by atoms with Crippen molar-refractivity contribution in [2.45, 2.75) is 78.3 Å². The molecule has 290 valence electrons. The number of hydrogen-bond donors (Lipinski definition) is 0. The Labute approximate surface area is 328 Å². The molecule has 2 aliphatic rings. The van der Waals surface area contributed by atoms with Gasteiger partial charge in [-0.1, -0.05) is 50.2 Å². The van der Waals surface area contributed by atoms with Gasteiger partial charge in [0.2, 0.25) is 15.1 Å². The fourth-order valence-electron chi connectivity index (χ4n) is 7.14. The normalized spacial score (nSPS) is 14.9. The minimum absolute atomic E-state index is 0.0181. The fourth-order valence-corrected chi connectivity index (χ4v) is 8.17. The van der Waals surface area contributed by atoms with Crippen molar-refractivity contribution in [3.8, 4) is 28.5 Å². The maximum atomic E-state index is 15.0. The second-order valence-corrected chi connectivity index (χ2v) is 20.7. The summed E-state index contributed by atoms with van der Waals surface area (Å²) in [7, 11) is -0.300. The van der Waals surface area contributed by atoms with E-state index >= 15 is 4.79 Å². The Hall–Kier alpha value is -5.98. The number of amides is 2. The van der Waals surface area contributed by atoms with Crippen LogP contribution in [-0.2, 0) is 26.6 Å². The molecule has 0 unspecified atom stereocenters. The molecule has 0 spiro atoms. The topological polar surface area (TPSA) is 140 Å². The maximum absolute atomic E-state index is 15.0. The lowest BCUT2D eigenvalue weighted by molar-refractivity contribution is 0.0658. The number of fused-ring (bicyclic) bond motifs is 2. The summed E-state index contributed by atoms with van der Waals surface area (Å²) in [5.41, 5.74) is 15.4. The summed E-state index contributed by atoms with van der Waals surface area (Å²) in [5.74, 6) is 1.26. The predicted molar refractivity (Wildman–Crippen MR) is 218 cm³/mol. The molecule has 56 heavy (non-hydrogen) atoms. The van der Waals surface area contributed by atoms with Gasteiger partial charge in [0.15, 0.2) is 11.5 Å². The van der Waals surface area contributed by atoms with Crippen molar-refractivity contribution in [1.29, 1.82) is 0 Å². The molecular formula is C42H48N8O5Si. The van der Waals surface area contributed by atoms with Crippen LogP contribution in [0, 0.1) is 6.92 Å². The SMILES string of the molecule is Cc1c(C(=O)N(c2ccc(O[Si](C)(C)C(C)(C)C)cc2)c2cnn(C)c2)cc(-c2cc3c(cc2C(=O)N2Cc4ccccc4C[C@H]2C)OCO3)n1CCN=[N+]=[N-]. The molecule has 3 aromatic carbocycles. The second kappa shape index (κ2) is 14.9. The highest BCUT2D eigenvalue weighted by Crippen LogP contribution is 2.42. The van der Waals surface area contributed by atoms with Crippen LogP contribution in [0.25, 0.3) is 21.7 Å². The number of aryl methyl sites for hydroxylation is 1. The summed E-state index contributed by atoms with van der Waals surface area (Å²) >= 11 is 0. The van der Waals surface area contributed by atoms with E-state index in [-0.39, 0.29) is 42.8 Å². The molecular weight excluding hydrogens is 725 g/mol. The molecule has 5 aromatic rings. The van der Waals surface area contributed by atoms with E-state index in [1.165, 1.54) is 5.56 Å². The van der Waals surface area contributed by atoms with Crippen LogP contribution < -0.4 is 18.8 Å². The van der Waals surface area contributed by atoms with Gasteiger partial charge in [-0.25, -0.2) is 0 Å². The summed E-state index contributed by atoms with van der Waals surface area (Å²) in [4.78, 5) is 36.2. The number of benzene rings is 3. The lowest BCUT2D eigenvalue weighted by atomic mass is 9.93. The van der Waals surface area contributed by atoms with Gasteiger partial charge in [-0.05, 0) is 97.5 Å². The lowest BCUT2D eigenvalue weighted by Crippen LogP contribution is -2.43. The van der Waals surface area contributed by atoms with Crippen LogP contribution in [0.2, 0.25) is 18.1 Å². The quantitative estimate of drug-likeness (QED) is 0.0600. The zero-order valence-corrected chi connectivity index (χ0v) is 34.2. The molecule has 1 atom stereocenters. The van der Waals surface area contributed by atoms with Gasteiger partial charge in [0.25, 0.3) is 11.8 Å². The van der Waals surface area contributed by atoms with Crippen LogP contribution in [0.15, 0.2) is 84.2 Å². The molecule has 0 saturated carbocycles. The van der Waals surface area contributed by atoms with Crippen molar-refractivity contribution >= 4 is 31.5 Å². The van der Waals surface area contributed by atoms with Gasteiger partial charge in [-0.2, -0.15) is 5.10 Å². The molecule has 13 nitrogen and oxygen atoms in total. The third kappa shape index (κ3) is 7.25. The molecule has 2 amide bonds. The van der Waals surface area contributed by atoms with Crippen LogP contribution in [0.5, 0.6) is 17.2 Å². The molecule has 0 saturated heterocycles. The van der Waals surface area contributed by atoms with Crippen LogP contribution in [0.4, 0.5) is 11.4 Å². The predicted octanol–water partition coefficient (Wildman–Crippen LogP) is 9.19. The van der Waals surface area contributed by atoms with Crippen molar-refractivity contribution < 1.29 is 23.5 Å². The maximum Gasteiger partial charge on any atom is 0.264 e. The Bertz CT molecular complexity index is 2350. The van der Waals surface area contributed by atoms with Crippen LogP contribution in [0.3, 0.4) is 0 Å². The minimum atomic E-state index is -2.10. The number of carbonyl (C=O) groups excluding carboxylic acids is 2. The van der Waals surface area contributed by atoms with Crippen molar-refractivity contribution in [3.63, 3.8) is 0 Å². The number of rotatable bonds is 10. The Morgan fingerprint density at radius 1 is 1.02 bits per heavy atom. The summed E-state index contributed by atoms with van der Waals surface area (Å²) in [6.07, 6.45) is 4.17. The smallest absolute Gasteiger partial charge is 0.264 e. The molecule has 0 fully saturated rings. The number of hydrogen-bond acceptors (Lipinski definition) is 7. The highest BCUT2D eigenvalue weighted by molar-refractivity contribution is 6.74. The van der Waals surface area contributed by atoms with Gasteiger partial charge >= 0.3 is 0 Å². The van der Waals surface area contributed by atoms with Crippen molar-refractivity contribution in [3.05, 3.63) is 118 Å². The first-order chi connectivity index (χ1) is 26.7. The van der Waals surface area contributed by atoms with Crippen LogP contribution in [-0.4, -0.2) is 58.8 Å².